The fourth-order valence-corrected chi connectivity index (χ4v) is 5.54. The Bertz CT molecular complexity index is 1480. The molecule has 3 aromatic heterocycles. The lowest BCUT2D eigenvalue weighted by molar-refractivity contribution is 0.0708. The van der Waals surface area contributed by atoms with E-state index in [4.69, 9.17) is 25.2 Å². The summed E-state index contributed by atoms with van der Waals surface area (Å²) < 4.78 is 15.7. The molecule has 1 aliphatic heterocycles. The van der Waals surface area contributed by atoms with Crippen molar-refractivity contribution in [1.82, 2.24) is 24.0 Å². The first kappa shape index (κ1) is 23.8. The molecule has 1 atom stereocenters. The topological polar surface area (TPSA) is 100 Å². The predicted octanol–water partition coefficient (Wildman–Crippen LogP) is 4.06. The maximum absolute atomic E-state index is 13.4. The van der Waals surface area contributed by atoms with Gasteiger partial charge in [0.15, 0.2) is 5.82 Å². The highest BCUT2D eigenvalue weighted by Gasteiger charge is 2.28. The Kier molecular flexibility index (Phi) is 6.03. The van der Waals surface area contributed by atoms with Crippen LogP contribution in [-0.4, -0.2) is 63.3 Å². The Morgan fingerprint density at radius 3 is 2.62 bits per heavy atom. The molecule has 0 unspecified atom stereocenters. The van der Waals surface area contributed by atoms with Crippen LogP contribution in [0.1, 0.15) is 43.0 Å². The maximum atomic E-state index is 13.4. The molecular weight excluding hydrogens is 468 g/mol. The Morgan fingerprint density at radius 1 is 1.08 bits per heavy atom. The molecule has 37 heavy (non-hydrogen) atoms. The molecular formula is C28H34N6O3. The average Bonchev–Trinajstić information content (AvgIpc) is 3.56. The smallest absolute Gasteiger partial charge is 0.254 e. The summed E-state index contributed by atoms with van der Waals surface area (Å²) in [6, 6.07) is 9.86. The number of rotatable bonds is 7. The van der Waals surface area contributed by atoms with Crippen LogP contribution in [0.3, 0.4) is 0 Å². The van der Waals surface area contributed by atoms with Crippen molar-refractivity contribution in [3.8, 4) is 23.1 Å². The van der Waals surface area contributed by atoms with Gasteiger partial charge in [-0.15, -0.1) is 0 Å². The quantitative estimate of drug-likeness (QED) is 0.409. The molecule has 1 aliphatic carbocycles. The van der Waals surface area contributed by atoms with Gasteiger partial charge in [-0.2, -0.15) is 4.98 Å². The monoisotopic (exact) mass is 502 g/mol. The number of ether oxygens (including phenoxy) is 2. The number of benzene rings is 1. The van der Waals surface area contributed by atoms with E-state index in [1.807, 2.05) is 29.2 Å². The number of amides is 1. The van der Waals surface area contributed by atoms with Gasteiger partial charge >= 0.3 is 0 Å². The summed E-state index contributed by atoms with van der Waals surface area (Å²) in [5.74, 6) is 2.71. The number of nitrogens with two attached hydrogens (primary N) is 1. The van der Waals surface area contributed by atoms with E-state index in [9.17, 15) is 4.79 Å². The fourth-order valence-electron chi connectivity index (χ4n) is 5.54. The summed E-state index contributed by atoms with van der Waals surface area (Å²) in [6.07, 6.45) is 4.33. The average molecular weight is 503 g/mol. The third kappa shape index (κ3) is 4.21. The second kappa shape index (κ2) is 9.37. The van der Waals surface area contributed by atoms with E-state index < -0.39 is 0 Å². The molecule has 2 N–H and O–H groups in total. The number of hydrogen-bond acceptors (Lipinski definition) is 6. The van der Waals surface area contributed by atoms with Gasteiger partial charge in [0.2, 0.25) is 5.88 Å². The predicted molar refractivity (Wildman–Crippen MR) is 143 cm³/mol. The lowest BCUT2D eigenvalue weighted by atomic mass is 10.0. The van der Waals surface area contributed by atoms with Crippen molar-refractivity contribution in [2.45, 2.75) is 51.7 Å². The van der Waals surface area contributed by atoms with Gasteiger partial charge in [-0.3, -0.25) is 4.79 Å². The lowest BCUT2D eigenvalue weighted by Crippen LogP contribution is -2.45. The van der Waals surface area contributed by atoms with Crippen molar-refractivity contribution < 1.29 is 14.3 Å². The van der Waals surface area contributed by atoms with Gasteiger partial charge < -0.3 is 29.2 Å². The van der Waals surface area contributed by atoms with Crippen LogP contribution in [0.4, 0.5) is 0 Å². The Balaban J connectivity index is 1.50. The van der Waals surface area contributed by atoms with E-state index in [-0.39, 0.29) is 11.9 Å². The number of pyridine rings is 1. The third-order valence-corrected chi connectivity index (χ3v) is 7.63. The van der Waals surface area contributed by atoms with Crippen LogP contribution >= 0.6 is 0 Å². The molecule has 6 rings (SSSR count). The SMILES string of the molecule is CCn1c(-c2cc3ccc(OC)nc3n2CC2CC2)nc2cc(C(=O)N3CCC[C@@H](N)C3)cc(OC)c21. The van der Waals surface area contributed by atoms with Crippen molar-refractivity contribution in [3.63, 3.8) is 0 Å². The third-order valence-electron chi connectivity index (χ3n) is 7.63. The number of hydrogen-bond donors (Lipinski definition) is 1. The zero-order chi connectivity index (χ0) is 25.7. The largest absolute Gasteiger partial charge is 0.494 e. The van der Waals surface area contributed by atoms with Crippen LogP contribution in [0.25, 0.3) is 33.6 Å². The molecule has 0 spiro atoms. The standard InChI is InChI=1S/C28H34N6O3/c1-4-33-25-21(12-19(14-23(25)36-2)28(35)32-11-5-6-20(29)16-32)30-27(33)22-13-18-9-10-24(37-3)31-26(18)34(22)15-17-7-8-17/h9-10,12-14,17,20H,4-8,11,15-16,29H2,1-3H3/t20-/m1/s1. The maximum Gasteiger partial charge on any atom is 0.254 e. The number of imidazole rings is 1. The first-order chi connectivity index (χ1) is 18.0. The highest BCUT2D eigenvalue weighted by molar-refractivity contribution is 6.00. The zero-order valence-electron chi connectivity index (χ0n) is 21.7. The van der Waals surface area contributed by atoms with Crippen LogP contribution in [0, 0.1) is 5.92 Å². The van der Waals surface area contributed by atoms with Gasteiger partial charge in [-0.1, -0.05) is 0 Å². The summed E-state index contributed by atoms with van der Waals surface area (Å²) in [5.41, 5.74) is 10.3. The number of carbonyl (C=O) groups excluding carboxylic acids is 1. The molecule has 194 valence electrons. The van der Waals surface area contributed by atoms with Gasteiger partial charge in [0.1, 0.15) is 16.9 Å². The van der Waals surface area contributed by atoms with Crippen molar-refractivity contribution in [2.24, 2.45) is 11.7 Å². The van der Waals surface area contributed by atoms with Crippen LogP contribution in [0.15, 0.2) is 30.3 Å². The molecule has 1 saturated carbocycles. The van der Waals surface area contributed by atoms with Gasteiger partial charge in [0.25, 0.3) is 5.91 Å². The van der Waals surface area contributed by atoms with E-state index >= 15 is 0 Å². The molecule has 2 fully saturated rings. The molecule has 0 radical (unpaired) electrons. The summed E-state index contributed by atoms with van der Waals surface area (Å²) >= 11 is 0. The Labute approximate surface area is 216 Å². The molecule has 1 saturated heterocycles. The number of methoxy groups -OCH3 is 2. The van der Waals surface area contributed by atoms with E-state index in [2.05, 4.69) is 22.1 Å². The normalized spacial score (nSPS) is 18.1. The lowest BCUT2D eigenvalue weighted by Gasteiger charge is -2.30. The number of likely N-dealkylation sites (tertiary alicyclic amines) is 1. The number of fused-ring (bicyclic) bond motifs is 2. The number of piperidine rings is 1. The molecule has 2 aliphatic rings. The summed E-state index contributed by atoms with van der Waals surface area (Å²) in [4.78, 5) is 25.1. The number of aryl methyl sites for hydroxylation is 1. The minimum absolute atomic E-state index is 0.0230. The highest BCUT2D eigenvalue weighted by Crippen LogP contribution is 2.38. The Morgan fingerprint density at radius 2 is 1.92 bits per heavy atom. The molecule has 9 nitrogen and oxygen atoms in total. The van der Waals surface area contributed by atoms with Crippen molar-refractivity contribution in [3.05, 3.63) is 35.9 Å². The molecule has 4 aromatic rings. The fraction of sp³-hybridized carbons (Fsp3) is 0.464. The Hall–Kier alpha value is -3.59. The van der Waals surface area contributed by atoms with Gasteiger partial charge in [-0.05, 0) is 62.8 Å². The van der Waals surface area contributed by atoms with Gasteiger partial charge in [0, 0.05) is 49.2 Å². The molecule has 1 aromatic carbocycles. The van der Waals surface area contributed by atoms with Crippen LogP contribution in [0.5, 0.6) is 11.6 Å². The zero-order valence-corrected chi connectivity index (χ0v) is 21.7. The van der Waals surface area contributed by atoms with Gasteiger partial charge in [-0.25, -0.2) is 4.98 Å². The number of aromatic nitrogens is 4. The molecule has 1 amide bonds. The van der Waals surface area contributed by atoms with Crippen molar-refractivity contribution in [1.29, 1.82) is 0 Å². The van der Waals surface area contributed by atoms with Crippen LogP contribution < -0.4 is 15.2 Å². The van der Waals surface area contributed by atoms with Crippen molar-refractivity contribution >= 4 is 28.0 Å². The van der Waals surface area contributed by atoms with Crippen molar-refractivity contribution in [2.75, 3.05) is 27.3 Å². The highest BCUT2D eigenvalue weighted by atomic mass is 16.5. The van der Waals surface area contributed by atoms with E-state index in [1.165, 1.54) is 12.8 Å². The molecule has 9 heteroatoms. The van der Waals surface area contributed by atoms with Gasteiger partial charge in [0.05, 0.1) is 25.4 Å². The molecule has 4 heterocycles. The second-order valence-corrected chi connectivity index (χ2v) is 10.2. The molecule has 0 bridgehead atoms. The van der Waals surface area contributed by atoms with E-state index in [0.717, 1.165) is 59.5 Å². The minimum atomic E-state index is -0.0258. The first-order valence-electron chi connectivity index (χ1n) is 13.2. The second-order valence-electron chi connectivity index (χ2n) is 10.2. The number of nitrogens with zero attached hydrogens (tertiary/aromatic N) is 5. The van der Waals surface area contributed by atoms with Crippen LogP contribution in [0.2, 0.25) is 0 Å². The van der Waals surface area contributed by atoms with E-state index in [0.29, 0.717) is 36.2 Å². The number of carbonyl (C=O) groups is 1. The summed E-state index contributed by atoms with van der Waals surface area (Å²) in [5, 5.41) is 1.05. The summed E-state index contributed by atoms with van der Waals surface area (Å²) in [6.45, 7) is 5.00. The summed E-state index contributed by atoms with van der Waals surface area (Å²) in [7, 11) is 3.29. The van der Waals surface area contributed by atoms with Crippen LogP contribution in [-0.2, 0) is 13.1 Å². The van der Waals surface area contributed by atoms with E-state index in [1.54, 1.807) is 14.2 Å². The first-order valence-corrected chi connectivity index (χ1v) is 13.2. The minimum Gasteiger partial charge on any atom is -0.494 e.